The van der Waals surface area contributed by atoms with Crippen molar-refractivity contribution in [3.63, 3.8) is 0 Å². The quantitative estimate of drug-likeness (QED) is 0.712. The summed E-state index contributed by atoms with van der Waals surface area (Å²) < 4.78 is 12.7. The summed E-state index contributed by atoms with van der Waals surface area (Å²) in [6, 6.07) is 5.33. The van der Waals surface area contributed by atoms with Gasteiger partial charge >= 0.3 is 0 Å². The molecule has 0 heterocycles. The minimum atomic E-state index is -0.387. The van der Waals surface area contributed by atoms with E-state index in [4.69, 9.17) is 0 Å². The number of hydrogen-bond donors (Lipinski definition) is 2. The maximum Gasteiger partial charge on any atom is 0.221 e. The molecule has 1 aromatic rings. The largest absolute Gasteiger partial charge is 0.359 e. The van der Waals surface area contributed by atoms with Gasteiger partial charge in [-0.1, -0.05) is 0 Å². The zero-order valence-electron chi connectivity index (χ0n) is 11.9. The molecule has 2 amide bonds. The van der Waals surface area contributed by atoms with E-state index in [0.717, 1.165) is 0 Å². The minimum absolute atomic E-state index is 0.117. The van der Waals surface area contributed by atoms with Gasteiger partial charge in [-0.15, -0.1) is 0 Å². The normalized spacial score (nSPS) is 10.0. The maximum atomic E-state index is 12.7. The van der Waals surface area contributed by atoms with Gasteiger partial charge in [0.05, 0.1) is 0 Å². The van der Waals surface area contributed by atoms with Crippen molar-refractivity contribution in [2.45, 2.75) is 25.7 Å². The molecule has 0 aliphatic carbocycles. The van der Waals surface area contributed by atoms with Crippen molar-refractivity contribution in [3.05, 3.63) is 35.6 Å². The van der Waals surface area contributed by atoms with Gasteiger partial charge in [0.15, 0.2) is 5.78 Å². The minimum Gasteiger partial charge on any atom is -0.359 e. The van der Waals surface area contributed by atoms with E-state index in [9.17, 15) is 18.8 Å². The van der Waals surface area contributed by atoms with Gasteiger partial charge in [-0.3, -0.25) is 14.4 Å². The highest BCUT2D eigenvalue weighted by atomic mass is 19.1. The van der Waals surface area contributed by atoms with E-state index >= 15 is 0 Å². The fraction of sp³-hybridized carbons (Fsp3) is 0.400. The number of rotatable bonds is 8. The Labute approximate surface area is 122 Å². The molecule has 0 saturated heterocycles. The molecule has 0 bridgehead atoms. The van der Waals surface area contributed by atoms with Crippen LogP contribution in [0.25, 0.3) is 0 Å². The van der Waals surface area contributed by atoms with E-state index in [1.165, 1.54) is 31.3 Å². The van der Waals surface area contributed by atoms with Crippen LogP contribution in [0.4, 0.5) is 4.39 Å². The molecule has 21 heavy (non-hydrogen) atoms. The van der Waals surface area contributed by atoms with Crippen LogP contribution in [0.3, 0.4) is 0 Å². The number of carbonyl (C=O) groups is 3. The molecule has 0 radical (unpaired) electrons. The number of ketones is 1. The third-order valence-electron chi connectivity index (χ3n) is 2.93. The van der Waals surface area contributed by atoms with Gasteiger partial charge in [0.1, 0.15) is 5.82 Å². The highest BCUT2D eigenvalue weighted by Crippen LogP contribution is 2.08. The van der Waals surface area contributed by atoms with Crippen LogP contribution in [0.2, 0.25) is 0 Å². The lowest BCUT2D eigenvalue weighted by molar-refractivity contribution is -0.122. The SMILES string of the molecule is CNC(=O)CCNC(=O)CCCC(=O)c1ccc(F)cc1. The molecule has 5 nitrogen and oxygen atoms in total. The first-order valence-electron chi connectivity index (χ1n) is 6.79. The van der Waals surface area contributed by atoms with Crippen LogP contribution in [-0.2, 0) is 9.59 Å². The van der Waals surface area contributed by atoms with Crippen molar-refractivity contribution >= 4 is 17.6 Å². The molecule has 0 fully saturated rings. The van der Waals surface area contributed by atoms with E-state index < -0.39 is 0 Å². The summed E-state index contributed by atoms with van der Waals surface area (Å²) in [6.45, 7) is 0.282. The van der Waals surface area contributed by atoms with Gasteiger partial charge in [-0.25, -0.2) is 4.39 Å². The van der Waals surface area contributed by atoms with Gasteiger partial charge < -0.3 is 10.6 Å². The number of halogens is 1. The average molecular weight is 294 g/mol. The zero-order chi connectivity index (χ0) is 15.7. The van der Waals surface area contributed by atoms with Crippen LogP contribution in [0.5, 0.6) is 0 Å². The first kappa shape index (κ1) is 16.8. The van der Waals surface area contributed by atoms with Gasteiger partial charge in [0, 0.05) is 38.4 Å². The number of hydrogen-bond acceptors (Lipinski definition) is 3. The Kier molecular flexibility index (Phi) is 7.08. The highest BCUT2D eigenvalue weighted by Gasteiger charge is 2.08. The van der Waals surface area contributed by atoms with Gasteiger partial charge in [0.25, 0.3) is 0 Å². The van der Waals surface area contributed by atoms with Crippen molar-refractivity contribution in [3.8, 4) is 0 Å². The summed E-state index contributed by atoms with van der Waals surface area (Å²) in [7, 11) is 1.53. The molecule has 114 valence electrons. The van der Waals surface area contributed by atoms with Gasteiger partial charge in [-0.05, 0) is 30.7 Å². The average Bonchev–Trinajstić information content (AvgIpc) is 2.47. The fourth-order valence-electron chi connectivity index (χ4n) is 1.72. The first-order chi connectivity index (χ1) is 10.0. The van der Waals surface area contributed by atoms with E-state index in [2.05, 4.69) is 10.6 Å². The number of Topliss-reactive ketones (excluding diaryl/α,β-unsaturated/α-hetero) is 1. The Morgan fingerprint density at radius 1 is 1.00 bits per heavy atom. The smallest absolute Gasteiger partial charge is 0.221 e. The molecule has 0 aliphatic heterocycles. The number of nitrogens with one attached hydrogen (secondary N) is 2. The second-order valence-electron chi connectivity index (χ2n) is 4.56. The molecule has 0 saturated carbocycles. The number of benzene rings is 1. The number of carbonyl (C=O) groups excluding carboxylic acids is 3. The third-order valence-corrected chi connectivity index (χ3v) is 2.93. The Morgan fingerprint density at radius 3 is 2.29 bits per heavy atom. The maximum absolute atomic E-state index is 12.7. The molecule has 2 N–H and O–H groups in total. The van der Waals surface area contributed by atoms with E-state index in [0.29, 0.717) is 12.0 Å². The van der Waals surface area contributed by atoms with Crippen LogP contribution in [0, 0.1) is 5.82 Å². The lowest BCUT2D eigenvalue weighted by Gasteiger charge is -2.04. The van der Waals surface area contributed by atoms with Crippen molar-refractivity contribution in [2.24, 2.45) is 0 Å². The number of amides is 2. The van der Waals surface area contributed by atoms with Crippen LogP contribution in [0.15, 0.2) is 24.3 Å². The molecule has 0 unspecified atom stereocenters. The monoisotopic (exact) mass is 294 g/mol. The lowest BCUT2D eigenvalue weighted by Crippen LogP contribution is -2.29. The van der Waals surface area contributed by atoms with Gasteiger partial charge in [0.2, 0.25) is 11.8 Å². The first-order valence-corrected chi connectivity index (χ1v) is 6.79. The van der Waals surface area contributed by atoms with Crippen molar-refractivity contribution < 1.29 is 18.8 Å². The Morgan fingerprint density at radius 2 is 1.67 bits per heavy atom. The predicted molar refractivity (Wildman–Crippen MR) is 76.3 cm³/mol. The molecular weight excluding hydrogens is 275 g/mol. The van der Waals surface area contributed by atoms with Crippen molar-refractivity contribution in [1.29, 1.82) is 0 Å². The second kappa shape index (κ2) is 8.84. The van der Waals surface area contributed by atoms with Crippen LogP contribution in [0.1, 0.15) is 36.0 Å². The van der Waals surface area contributed by atoms with Crippen LogP contribution < -0.4 is 10.6 Å². The molecule has 0 aromatic heterocycles. The summed E-state index contributed by atoms with van der Waals surface area (Å²) in [5, 5.41) is 5.07. The lowest BCUT2D eigenvalue weighted by atomic mass is 10.1. The van der Waals surface area contributed by atoms with Crippen molar-refractivity contribution in [1.82, 2.24) is 10.6 Å². The summed E-state index contributed by atoms with van der Waals surface area (Å²) >= 11 is 0. The Hall–Kier alpha value is -2.24. The summed E-state index contributed by atoms with van der Waals surface area (Å²) in [5.41, 5.74) is 0.441. The summed E-state index contributed by atoms with van der Waals surface area (Å²) in [4.78, 5) is 34.2. The van der Waals surface area contributed by atoms with Gasteiger partial charge in [-0.2, -0.15) is 0 Å². The Balaban J connectivity index is 2.20. The van der Waals surface area contributed by atoms with Crippen LogP contribution in [-0.4, -0.2) is 31.2 Å². The molecule has 6 heteroatoms. The second-order valence-corrected chi connectivity index (χ2v) is 4.56. The molecule has 0 spiro atoms. The molecule has 0 aliphatic rings. The molecular formula is C15H19FN2O3. The Bertz CT molecular complexity index is 500. The topological polar surface area (TPSA) is 75.3 Å². The summed E-state index contributed by atoms with van der Waals surface area (Å²) in [6.07, 6.45) is 1.11. The van der Waals surface area contributed by atoms with E-state index in [1.54, 1.807) is 0 Å². The molecule has 1 rings (SSSR count). The zero-order valence-corrected chi connectivity index (χ0v) is 11.9. The standard InChI is InChI=1S/C15H19FN2O3/c1-17-14(20)9-10-18-15(21)4-2-3-13(19)11-5-7-12(16)8-6-11/h5-8H,2-4,9-10H2,1H3,(H,17,20)(H,18,21). The summed E-state index contributed by atoms with van der Waals surface area (Å²) in [5.74, 6) is -0.831. The molecule has 0 atom stereocenters. The van der Waals surface area contributed by atoms with Crippen molar-refractivity contribution in [2.75, 3.05) is 13.6 Å². The van der Waals surface area contributed by atoms with E-state index in [-0.39, 0.29) is 49.2 Å². The molecule has 1 aromatic carbocycles. The van der Waals surface area contributed by atoms with E-state index in [1.807, 2.05) is 0 Å². The third kappa shape index (κ3) is 6.65. The predicted octanol–water partition coefficient (Wildman–Crippen LogP) is 1.43. The fourth-order valence-corrected chi connectivity index (χ4v) is 1.72. The van der Waals surface area contributed by atoms with Crippen LogP contribution >= 0.6 is 0 Å². The highest BCUT2D eigenvalue weighted by molar-refractivity contribution is 5.96.